The Hall–Kier alpha value is -2.93. The molecule has 0 aliphatic carbocycles. The highest BCUT2D eigenvalue weighted by Gasteiger charge is 2.15. The standard InChI is InChI=1S/C17H16FN3O3/c1-21(11-17(22)19-13-5-2-4-12(18)8-13)10-14-9-16(24-20-14)15-6-3-7-23-15/h2-9H,10-11H2,1H3,(H,19,22)/p+1. The van der Waals surface area contributed by atoms with Gasteiger partial charge in [0.1, 0.15) is 18.1 Å². The summed E-state index contributed by atoms with van der Waals surface area (Å²) in [4.78, 5) is 12.9. The molecule has 0 saturated heterocycles. The first-order valence-corrected chi connectivity index (χ1v) is 7.46. The van der Waals surface area contributed by atoms with E-state index < -0.39 is 0 Å². The van der Waals surface area contributed by atoms with Crippen molar-refractivity contribution in [1.82, 2.24) is 5.16 Å². The highest BCUT2D eigenvalue weighted by atomic mass is 19.1. The number of aromatic nitrogens is 1. The molecule has 0 spiro atoms. The highest BCUT2D eigenvalue weighted by Crippen LogP contribution is 2.20. The summed E-state index contributed by atoms with van der Waals surface area (Å²) in [6.45, 7) is 0.736. The van der Waals surface area contributed by atoms with E-state index in [0.717, 1.165) is 10.6 Å². The second-order valence-corrected chi connectivity index (χ2v) is 5.53. The van der Waals surface area contributed by atoms with Gasteiger partial charge >= 0.3 is 0 Å². The minimum atomic E-state index is -0.387. The van der Waals surface area contributed by atoms with Gasteiger partial charge in [-0.3, -0.25) is 4.79 Å². The van der Waals surface area contributed by atoms with Crippen LogP contribution in [0, 0.1) is 5.82 Å². The van der Waals surface area contributed by atoms with Gasteiger partial charge in [0.25, 0.3) is 5.91 Å². The van der Waals surface area contributed by atoms with E-state index in [1.165, 1.54) is 12.1 Å². The zero-order valence-electron chi connectivity index (χ0n) is 13.1. The maximum atomic E-state index is 13.1. The molecular weight excluding hydrogens is 313 g/mol. The number of hydrogen-bond acceptors (Lipinski definition) is 4. The Morgan fingerprint density at radius 2 is 2.12 bits per heavy atom. The molecule has 0 saturated carbocycles. The number of carbonyl (C=O) groups is 1. The maximum Gasteiger partial charge on any atom is 0.279 e. The second kappa shape index (κ2) is 7.10. The molecular formula is C17H17FN3O3+. The maximum absolute atomic E-state index is 13.1. The molecule has 1 aromatic carbocycles. The number of hydrogen-bond donors (Lipinski definition) is 2. The molecule has 0 radical (unpaired) electrons. The zero-order valence-corrected chi connectivity index (χ0v) is 13.1. The van der Waals surface area contributed by atoms with Crippen molar-refractivity contribution < 1.29 is 23.0 Å². The fourth-order valence-corrected chi connectivity index (χ4v) is 2.35. The first-order chi connectivity index (χ1) is 11.6. The van der Waals surface area contributed by atoms with Crippen LogP contribution in [0.4, 0.5) is 10.1 Å². The van der Waals surface area contributed by atoms with Gasteiger partial charge in [-0.1, -0.05) is 11.2 Å². The molecule has 124 valence electrons. The molecule has 0 fully saturated rings. The van der Waals surface area contributed by atoms with Crippen LogP contribution in [0.2, 0.25) is 0 Å². The summed E-state index contributed by atoms with van der Waals surface area (Å²) in [5.41, 5.74) is 1.16. The average Bonchev–Trinajstić information content (AvgIpc) is 3.17. The number of likely N-dealkylation sites (N-methyl/N-ethyl adjacent to an activating group) is 1. The van der Waals surface area contributed by atoms with Gasteiger partial charge in [0, 0.05) is 11.8 Å². The SMILES string of the molecule is C[NH+](CC(=O)Nc1cccc(F)c1)Cc1cc(-c2ccco2)on1. The van der Waals surface area contributed by atoms with Gasteiger partial charge in [0.2, 0.25) is 5.76 Å². The van der Waals surface area contributed by atoms with Gasteiger partial charge < -0.3 is 19.2 Å². The fraction of sp³-hybridized carbons (Fsp3) is 0.176. The Morgan fingerprint density at radius 3 is 2.88 bits per heavy atom. The third-order valence-corrected chi connectivity index (χ3v) is 3.38. The van der Waals surface area contributed by atoms with Crippen molar-refractivity contribution in [3.8, 4) is 11.5 Å². The number of nitrogens with one attached hydrogen (secondary N) is 2. The number of halogens is 1. The van der Waals surface area contributed by atoms with E-state index >= 15 is 0 Å². The number of anilines is 1. The third-order valence-electron chi connectivity index (χ3n) is 3.38. The normalized spacial score (nSPS) is 12.1. The molecule has 1 unspecified atom stereocenters. The Kier molecular flexibility index (Phi) is 4.72. The third kappa shape index (κ3) is 4.08. The number of rotatable bonds is 6. The predicted molar refractivity (Wildman–Crippen MR) is 84.7 cm³/mol. The van der Waals surface area contributed by atoms with Crippen molar-refractivity contribution in [3.63, 3.8) is 0 Å². The van der Waals surface area contributed by atoms with Crippen LogP contribution in [0.1, 0.15) is 5.69 Å². The minimum Gasteiger partial charge on any atom is -0.461 e. The largest absolute Gasteiger partial charge is 0.461 e. The Labute approximate surface area is 137 Å². The number of nitrogens with zero attached hydrogens (tertiary/aromatic N) is 1. The van der Waals surface area contributed by atoms with E-state index in [9.17, 15) is 9.18 Å². The fourth-order valence-electron chi connectivity index (χ4n) is 2.35. The smallest absolute Gasteiger partial charge is 0.279 e. The Bertz CT molecular complexity index is 814. The monoisotopic (exact) mass is 330 g/mol. The number of furan rings is 1. The van der Waals surface area contributed by atoms with Crippen molar-refractivity contribution >= 4 is 11.6 Å². The van der Waals surface area contributed by atoms with Crippen LogP contribution in [-0.2, 0) is 11.3 Å². The van der Waals surface area contributed by atoms with Crippen molar-refractivity contribution in [3.05, 3.63) is 60.2 Å². The average molecular weight is 330 g/mol. The summed E-state index contributed by atoms with van der Waals surface area (Å²) in [6.07, 6.45) is 1.56. The molecule has 0 bridgehead atoms. The van der Waals surface area contributed by atoms with Gasteiger partial charge in [-0.25, -0.2) is 4.39 Å². The van der Waals surface area contributed by atoms with Gasteiger partial charge in [0.05, 0.1) is 13.3 Å². The topological polar surface area (TPSA) is 72.7 Å². The summed E-state index contributed by atoms with van der Waals surface area (Å²) in [5.74, 6) is 0.566. The van der Waals surface area contributed by atoms with Crippen LogP contribution in [0.5, 0.6) is 0 Å². The van der Waals surface area contributed by atoms with Gasteiger partial charge in [-0.15, -0.1) is 0 Å². The van der Waals surface area contributed by atoms with E-state index in [-0.39, 0.29) is 18.3 Å². The van der Waals surface area contributed by atoms with Crippen LogP contribution in [0.3, 0.4) is 0 Å². The van der Waals surface area contributed by atoms with Crippen LogP contribution < -0.4 is 10.2 Å². The molecule has 0 aliphatic heterocycles. The quantitative estimate of drug-likeness (QED) is 0.722. The van der Waals surface area contributed by atoms with Crippen LogP contribution in [-0.4, -0.2) is 24.7 Å². The number of amides is 1. The molecule has 2 N–H and O–H groups in total. The van der Waals surface area contributed by atoms with Crippen molar-refractivity contribution in [2.75, 3.05) is 18.9 Å². The van der Waals surface area contributed by atoms with E-state index in [1.54, 1.807) is 36.6 Å². The summed E-state index contributed by atoms with van der Waals surface area (Å²) in [7, 11) is 1.87. The van der Waals surface area contributed by atoms with Gasteiger partial charge in [-0.2, -0.15) is 0 Å². The lowest BCUT2D eigenvalue weighted by atomic mass is 10.3. The van der Waals surface area contributed by atoms with E-state index in [0.29, 0.717) is 23.8 Å². The van der Waals surface area contributed by atoms with E-state index in [1.807, 2.05) is 7.05 Å². The lowest BCUT2D eigenvalue weighted by molar-refractivity contribution is -0.885. The lowest BCUT2D eigenvalue weighted by Crippen LogP contribution is -3.08. The first-order valence-electron chi connectivity index (χ1n) is 7.46. The molecule has 24 heavy (non-hydrogen) atoms. The second-order valence-electron chi connectivity index (χ2n) is 5.53. The molecule has 7 heteroatoms. The summed E-state index contributed by atoms with van der Waals surface area (Å²) < 4.78 is 23.6. The van der Waals surface area contributed by atoms with Crippen LogP contribution >= 0.6 is 0 Å². The molecule has 2 aromatic heterocycles. The van der Waals surface area contributed by atoms with Crippen molar-refractivity contribution in [2.24, 2.45) is 0 Å². The summed E-state index contributed by atoms with van der Waals surface area (Å²) >= 11 is 0. The molecule has 2 heterocycles. The number of carbonyl (C=O) groups excluding carboxylic acids is 1. The molecule has 1 amide bonds. The molecule has 0 aliphatic rings. The summed E-state index contributed by atoms with van der Waals surface area (Å²) in [5, 5.41) is 6.65. The minimum absolute atomic E-state index is 0.201. The molecule has 6 nitrogen and oxygen atoms in total. The van der Waals surface area contributed by atoms with Gasteiger partial charge in [0.15, 0.2) is 12.3 Å². The molecule has 1 atom stereocenters. The lowest BCUT2D eigenvalue weighted by Gasteiger charge is -2.12. The predicted octanol–water partition coefficient (Wildman–Crippen LogP) is 1.73. The highest BCUT2D eigenvalue weighted by molar-refractivity contribution is 5.91. The van der Waals surface area contributed by atoms with Crippen LogP contribution in [0.15, 0.2) is 57.7 Å². The number of benzene rings is 1. The van der Waals surface area contributed by atoms with Crippen LogP contribution in [0.25, 0.3) is 11.5 Å². The molecule has 3 rings (SSSR count). The summed E-state index contributed by atoms with van der Waals surface area (Å²) in [6, 6.07) is 11.1. The van der Waals surface area contributed by atoms with E-state index in [2.05, 4.69) is 10.5 Å². The van der Waals surface area contributed by atoms with E-state index in [4.69, 9.17) is 8.94 Å². The first kappa shape index (κ1) is 15.9. The van der Waals surface area contributed by atoms with Crippen molar-refractivity contribution in [2.45, 2.75) is 6.54 Å². The Morgan fingerprint density at radius 1 is 1.25 bits per heavy atom. The zero-order chi connectivity index (χ0) is 16.9. The number of quaternary nitrogens is 1. The van der Waals surface area contributed by atoms with Crippen molar-refractivity contribution in [1.29, 1.82) is 0 Å². The molecule has 3 aromatic rings. The van der Waals surface area contributed by atoms with Gasteiger partial charge in [-0.05, 0) is 30.3 Å². The Balaban J connectivity index is 1.53.